The van der Waals surface area contributed by atoms with Crippen molar-refractivity contribution in [2.75, 3.05) is 9.80 Å². The highest BCUT2D eigenvalue weighted by atomic mass is 16.4. The predicted octanol–water partition coefficient (Wildman–Crippen LogP) is 0.852. The van der Waals surface area contributed by atoms with E-state index in [9.17, 15) is 28.8 Å². The van der Waals surface area contributed by atoms with E-state index in [1.807, 2.05) is 0 Å². The first-order valence-electron chi connectivity index (χ1n) is 8.74. The number of carboxylic acid groups (broad SMARTS) is 2. The van der Waals surface area contributed by atoms with Crippen LogP contribution in [0.4, 0.5) is 11.4 Å². The van der Waals surface area contributed by atoms with Crippen molar-refractivity contribution in [3.8, 4) is 0 Å². The van der Waals surface area contributed by atoms with Crippen LogP contribution in [0.1, 0.15) is 24.0 Å². The molecular weight excluding hydrogens is 396 g/mol. The molecule has 2 aliphatic heterocycles. The Kier molecular flexibility index (Phi) is 5.09. The first-order chi connectivity index (χ1) is 14.0. The lowest BCUT2D eigenvalue weighted by atomic mass is 10.0. The van der Waals surface area contributed by atoms with Crippen molar-refractivity contribution in [2.45, 2.75) is 26.7 Å². The molecule has 1 aromatic carbocycles. The van der Waals surface area contributed by atoms with Crippen LogP contribution in [0.25, 0.3) is 0 Å². The van der Waals surface area contributed by atoms with Gasteiger partial charge in [-0.1, -0.05) is 6.07 Å². The molecule has 10 nitrogen and oxygen atoms in total. The third-order valence-corrected chi connectivity index (χ3v) is 4.74. The van der Waals surface area contributed by atoms with Crippen LogP contribution < -0.4 is 9.80 Å². The van der Waals surface area contributed by atoms with Crippen molar-refractivity contribution in [3.63, 3.8) is 0 Å². The fourth-order valence-electron chi connectivity index (χ4n) is 3.47. The smallest absolute Gasteiger partial charge is 0.308 e. The lowest BCUT2D eigenvalue weighted by molar-refractivity contribution is -0.137. The number of amides is 4. The van der Waals surface area contributed by atoms with Crippen LogP contribution in [0.3, 0.4) is 0 Å². The molecule has 0 spiro atoms. The van der Waals surface area contributed by atoms with Gasteiger partial charge >= 0.3 is 11.9 Å². The summed E-state index contributed by atoms with van der Waals surface area (Å²) in [6.45, 7) is 3.12. The van der Waals surface area contributed by atoms with Crippen molar-refractivity contribution in [1.82, 2.24) is 0 Å². The summed E-state index contributed by atoms with van der Waals surface area (Å²) >= 11 is 0. The van der Waals surface area contributed by atoms with E-state index in [-0.39, 0.29) is 28.1 Å². The summed E-state index contributed by atoms with van der Waals surface area (Å²) in [5, 5.41) is 17.8. The van der Waals surface area contributed by atoms with Crippen molar-refractivity contribution in [2.24, 2.45) is 0 Å². The summed E-state index contributed by atoms with van der Waals surface area (Å²) in [5.41, 5.74) is 0.596. The minimum atomic E-state index is -1.27. The fourth-order valence-corrected chi connectivity index (χ4v) is 3.47. The van der Waals surface area contributed by atoms with Crippen LogP contribution in [0, 0.1) is 13.8 Å². The molecule has 2 heterocycles. The van der Waals surface area contributed by atoms with Gasteiger partial charge in [-0.05, 0) is 31.0 Å². The van der Waals surface area contributed by atoms with E-state index in [0.717, 1.165) is 22.0 Å². The van der Waals surface area contributed by atoms with E-state index < -0.39 is 48.4 Å². The van der Waals surface area contributed by atoms with Crippen molar-refractivity contribution >= 4 is 46.9 Å². The third-order valence-electron chi connectivity index (χ3n) is 4.74. The molecule has 10 heteroatoms. The summed E-state index contributed by atoms with van der Waals surface area (Å²) < 4.78 is 0. The average molecular weight is 412 g/mol. The van der Waals surface area contributed by atoms with Gasteiger partial charge in [-0.3, -0.25) is 28.8 Å². The van der Waals surface area contributed by atoms with Crippen molar-refractivity contribution in [1.29, 1.82) is 0 Å². The third kappa shape index (κ3) is 3.39. The van der Waals surface area contributed by atoms with E-state index in [4.69, 9.17) is 10.2 Å². The number of imide groups is 2. The lowest BCUT2D eigenvalue weighted by Gasteiger charge is -2.25. The Labute approximate surface area is 169 Å². The Morgan fingerprint density at radius 3 is 1.77 bits per heavy atom. The number of carbonyl (C=O) groups is 6. The molecule has 0 saturated heterocycles. The number of carboxylic acids is 2. The Bertz CT molecular complexity index is 1110. The van der Waals surface area contributed by atoms with E-state index in [2.05, 4.69) is 0 Å². The number of aryl methyl sites for hydroxylation is 1. The Morgan fingerprint density at radius 2 is 1.27 bits per heavy atom. The maximum Gasteiger partial charge on any atom is 0.308 e. The molecule has 0 aromatic heterocycles. The summed E-state index contributed by atoms with van der Waals surface area (Å²) in [6.07, 6.45) is 0.642. The van der Waals surface area contributed by atoms with Gasteiger partial charge in [-0.25, -0.2) is 9.80 Å². The number of hydrogen-bond donors (Lipinski definition) is 2. The van der Waals surface area contributed by atoms with Gasteiger partial charge in [0.1, 0.15) is 0 Å². The number of aliphatic carboxylic acids is 2. The number of nitrogens with zero attached hydrogens (tertiary/aromatic N) is 2. The Morgan fingerprint density at radius 1 is 0.800 bits per heavy atom. The largest absolute Gasteiger partial charge is 0.481 e. The zero-order valence-corrected chi connectivity index (χ0v) is 16.0. The number of benzene rings is 1. The first-order valence-corrected chi connectivity index (χ1v) is 8.74. The molecule has 0 atom stereocenters. The molecule has 2 aliphatic rings. The maximum atomic E-state index is 12.6. The number of hydrogen-bond acceptors (Lipinski definition) is 6. The van der Waals surface area contributed by atoms with Gasteiger partial charge in [0.25, 0.3) is 23.6 Å². The molecule has 0 unspecified atom stereocenters. The minimum Gasteiger partial charge on any atom is -0.481 e. The highest BCUT2D eigenvalue weighted by molar-refractivity contribution is 6.33. The van der Waals surface area contributed by atoms with Crippen LogP contribution in [0.2, 0.25) is 0 Å². The second-order valence-electron chi connectivity index (χ2n) is 6.81. The second-order valence-corrected chi connectivity index (χ2v) is 6.81. The van der Waals surface area contributed by atoms with Crippen LogP contribution in [-0.2, 0) is 28.8 Å². The summed E-state index contributed by atoms with van der Waals surface area (Å²) in [4.78, 5) is 73.5. The summed E-state index contributed by atoms with van der Waals surface area (Å²) in [7, 11) is 0. The van der Waals surface area contributed by atoms with E-state index in [1.165, 1.54) is 19.1 Å². The lowest BCUT2D eigenvalue weighted by Crippen LogP contribution is -2.35. The highest BCUT2D eigenvalue weighted by Crippen LogP contribution is 2.37. The summed E-state index contributed by atoms with van der Waals surface area (Å²) in [6, 6.07) is 2.96. The number of rotatable bonds is 6. The van der Waals surface area contributed by atoms with E-state index in [1.54, 1.807) is 6.92 Å². The molecule has 1 aromatic rings. The molecule has 0 radical (unpaired) electrons. The fraction of sp³-hybridized carbons (Fsp3) is 0.200. The first kappa shape index (κ1) is 20.6. The standard InChI is InChI=1S/C20H16N2O8/c1-9-3-4-13(21-14(23)5-11(19(21)29)7-16(25)26)10(2)18(9)22-15(24)6-12(20(22)30)8-17(27)28/h3-6H,7-8H2,1-2H3,(H,25,26)(H,27,28). The minimum absolute atomic E-state index is 0.0922. The molecule has 0 fully saturated rings. The van der Waals surface area contributed by atoms with E-state index >= 15 is 0 Å². The molecule has 154 valence electrons. The van der Waals surface area contributed by atoms with Crippen LogP contribution >= 0.6 is 0 Å². The zero-order valence-electron chi connectivity index (χ0n) is 16.0. The summed E-state index contributed by atoms with van der Waals surface area (Å²) in [5.74, 6) is -5.60. The molecule has 3 rings (SSSR count). The van der Waals surface area contributed by atoms with Gasteiger partial charge in [0.05, 0.1) is 24.2 Å². The Balaban J connectivity index is 2.02. The SMILES string of the molecule is Cc1ccc(N2C(=O)C=C(CC(=O)O)C2=O)c(C)c1N1C(=O)C=C(CC(=O)O)C1=O. The average Bonchev–Trinajstić information content (AvgIpc) is 3.04. The quantitative estimate of drug-likeness (QED) is 0.653. The molecule has 30 heavy (non-hydrogen) atoms. The zero-order chi connectivity index (χ0) is 22.3. The number of carbonyl (C=O) groups excluding carboxylic acids is 4. The highest BCUT2D eigenvalue weighted by Gasteiger charge is 2.38. The normalized spacial score (nSPS) is 16.3. The molecule has 0 saturated carbocycles. The van der Waals surface area contributed by atoms with Crippen LogP contribution in [0.15, 0.2) is 35.4 Å². The number of anilines is 2. The molecular formula is C20H16N2O8. The van der Waals surface area contributed by atoms with Gasteiger partial charge < -0.3 is 10.2 Å². The predicted molar refractivity (Wildman–Crippen MR) is 102 cm³/mol. The molecule has 0 bridgehead atoms. The molecule has 2 N–H and O–H groups in total. The van der Waals surface area contributed by atoms with Gasteiger partial charge in [-0.15, -0.1) is 0 Å². The molecule has 4 amide bonds. The van der Waals surface area contributed by atoms with Crippen LogP contribution in [0.5, 0.6) is 0 Å². The van der Waals surface area contributed by atoms with Gasteiger partial charge in [0.15, 0.2) is 0 Å². The monoisotopic (exact) mass is 412 g/mol. The van der Waals surface area contributed by atoms with Crippen molar-refractivity contribution in [3.05, 3.63) is 46.6 Å². The van der Waals surface area contributed by atoms with Gasteiger partial charge in [0.2, 0.25) is 0 Å². The maximum absolute atomic E-state index is 12.6. The molecule has 0 aliphatic carbocycles. The Hall–Kier alpha value is -4.08. The van der Waals surface area contributed by atoms with Gasteiger partial charge in [0, 0.05) is 23.3 Å². The van der Waals surface area contributed by atoms with Gasteiger partial charge in [-0.2, -0.15) is 0 Å². The topological polar surface area (TPSA) is 149 Å². The second kappa shape index (κ2) is 7.39. The van der Waals surface area contributed by atoms with Crippen LogP contribution in [-0.4, -0.2) is 45.8 Å². The van der Waals surface area contributed by atoms with E-state index in [0.29, 0.717) is 5.56 Å². The van der Waals surface area contributed by atoms with Crippen molar-refractivity contribution < 1.29 is 39.0 Å².